The van der Waals surface area contributed by atoms with Crippen LogP contribution in [-0.2, 0) is 0 Å². The minimum absolute atomic E-state index is 0.276. The molecule has 1 heterocycles. The van der Waals surface area contributed by atoms with Gasteiger partial charge >= 0.3 is 0 Å². The van der Waals surface area contributed by atoms with Crippen molar-refractivity contribution >= 4 is 44.7 Å². The molecule has 0 atom stereocenters. The second kappa shape index (κ2) is 5.12. The number of nitrogens with zero attached hydrogens (tertiary/aromatic N) is 1. The highest BCUT2D eigenvalue weighted by Crippen LogP contribution is 2.33. The average Bonchev–Trinajstić information content (AvgIpc) is 2.28. The highest BCUT2D eigenvalue weighted by Gasteiger charge is 2.09. The van der Waals surface area contributed by atoms with Crippen LogP contribution in [0.2, 0.25) is 5.02 Å². The molecule has 1 aromatic carbocycles. The van der Waals surface area contributed by atoms with Crippen molar-refractivity contribution in [1.82, 2.24) is 4.98 Å². The van der Waals surface area contributed by atoms with E-state index in [2.05, 4.69) is 26.2 Å². The van der Waals surface area contributed by atoms with Crippen molar-refractivity contribution in [3.63, 3.8) is 0 Å². The second-order valence-electron chi connectivity index (χ2n) is 3.80. The Balaban J connectivity index is 2.37. The topological polar surface area (TPSA) is 50.9 Å². The molecule has 2 aromatic rings. The standard InChI is InChI=1S/C12H10BrClFN3/c1-6-2-11(17-5-10(6)16)18-12-8(13)3-7(15)4-9(12)14/h2-5H,16H2,1H3,(H,17,18). The molecule has 0 fully saturated rings. The first-order chi connectivity index (χ1) is 8.47. The van der Waals surface area contributed by atoms with Crippen molar-refractivity contribution in [2.45, 2.75) is 6.92 Å². The summed E-state index contributed by atoms with van der Waals surface area (Å²) >= 11 is 9.22. The molecular formula is C12H10BrClFN3. The Hall–Kier alpha value is -1.33. The van der Waals surface area contributed by atoms with Gasteiger partial charge in [0.2, 0.25) is 0 Å². The molecule has 0 saturated heterocycles. The van der Waals surface area contributed by atoms with Gasteiger partial charge in [0.05, 0.1) is 22.6 Å². The number of anilines is 3. The molecule has 94 valence electrons. The van der Waals surface area contributed by atoms with Gasteiger partial charge in [-0.15, -0.1) is 0 Å². The smallest absolute Gasteiger partial charge is 0.130 e. The van der Waals surface area contributed by atoms with Gasteiger partial charge < -0.3 is 11.1 Å². The molecule has 0 unspecified atom stereocenters. The van der Waals surface area contributed by atoms with Crippen molar-refractivity contribution in [2.75, 3.05) is 11.1 Å². The zero-order valence-electron chi connectivity index (χ0n) is 9.47. The third-order valence-corrected chi connectivity index (χ3v) is 3.33. The third-order valence-electron chi connectivity index (χ3n) is 2.41. The Morgan fingerprint density at radius 1 is 1.39 bits per heavy atom. The van der Waals surface area contributed by atoms with Gasteiger partial charge in [0.25, 0.3) is 0 Å². The Labute approximate surface area is 117 Å². The van der Waals surface area contributed by atoms with Gasteiger partial charge in [0.1, 0.15) is 11.6 Å². The summed E-state index contributed by atoms with van der Waals surface area (Å²) in [6, 6.07) is 4.36. The van der Waals surface area contributed by atoms with Crippen molar-refractivity contribution in [1.29, 1.82) is 0 Å². The first-order valence-corrected chi connectivity index (χ1v) is 6.28. The van der Waals surface area contributed by atoms with E-state index in [4.69, 9.17) is 17.3 Å². The molecule has 3 N–H and O–H groups in total. The van der Waals surface area contributed by atoms with E-state index in [1.54, 1.807) is 12.3 Å². The molecule has 0 radical (unpaired) electrons. The van der Waals surface area contributed by atoms with Crippen LogP contribution in [0.15, 0.2) is 28.9 Å². The molecule has 1 aromatic heterocycles. The van der Waals surface area contributed by atoms with E-state index in [1.807, 2.05) is 6.92 Å². The van der Waals surface area contributed by atoms with Gasteiger partial charge in [-0.25, -0.2) is 9.37 Å². The highest BCUT2D eigenvalue weighted by molar-refractivity contribution is 9.10. The molecule has 0 saturated carbocycles. The molecule has 3 nitrogen and oxygen atoms in total. The molecule has 6 heteroatoms. The SMILES string of the molecule is Cc1cc(Nc2c(Cl)cc(F)cc2Br)ncc1N. The summed E-state index contributed by atoms with van der Waals surface area (Å²) in [6.07, 6.45) is 1.56. The zero-order valence-corrected chi connectivity index (χ0v) is 11.8. The molecular weight excluding hydrogens is 321 g/mol. The lowest BCUT2D eigenvalue weighted by Crippen LogP contribution is -1.98. The van der Waals surface area contributed by atoms with Crippen LogP contribution in [0.1, 0.15) is 5.56 Å². The first-order valence-electron chi connectivity index (χ1n) is 5.11. The molecule has 0 bridgehead atoms. The van der Waals surface area contributed by atoms with E-state index in [1.165, 1.54) is 12.1 Å². The summed E-state index contributed by atoms with van der Waals surface area (Å²) in [4.78, 5) is 4.13. The Kier molecular flexibility index (Phi) is 3.73. The monoisotopic (exact) mass is 329 g/mol. The molecule has 0 aliphatic heterocycles. The van der Waals surface area contributed by atoms with E-state index in [0.29, 0.717) is 21.7 Å². The highest BCUT2D eigenvalue weighted by atomic mass is 79.9. The number of aryl methyl sites for hydroxylation is 1. The van der Waals surface area contributed by atoms with Gasteiger partial charge in [0, 0.05) is 4.47 Å². The molecule has 2 rings (SSSR count). The van der Waals surface area contributed by atoms with Crippen LogP contribution in [0.5, 0.6) is 0 Å². The van der Waals surface area contributed by atoms with Crippen molar-refractivity contribution in [3.05, 3.63) is 45.3 Å². The first kappa shape index (κ1) is 13.1. The predicted molar refractivity (Wildman–Crippen MR) is 75.8 cm³/mol. The lowest BCUT2D eigenvalue weighted by atomic mass is 10.2. The number of benzene rings is 1. The maximum absolute atomic E-state index is 13.1. The lowest BCUT2D eigenvalue weighted by molar-refractivity contribution is 0.627. The number of aromatic nitrogens is 1. The van der Waals surface area contributed by atoms with E-state index in [0.717, 1.165) is 5.56 Å². The van der Waals surface area contributed by atoms with Crippen LogP contribution in [0.4, 0.5) is 21.6 Å². The number of halogens is 3. The average molecular weight is 331 g/mol. The summed E-state index contributed by atoms with van der Waals surface area (Å²) < 4.78 is 13.6. The number of nitrogens with one attached hydrogen (secondary N) is 1. The fraction of sp³-hybridized carbons (Fsp3) is 0.0833. The summed E-state index contributed by atoms with van der Waals surface area (Å²) in [7, 11) is 0. The van der Waals surface area contributed by atoms with E-state index < -0.39 is 5.82 Å². The zero-order chi connectivity index (χ0) is 13.3. The quantitative estimate of drug-likeness (QED) is 0.864. The van der Waals surface area contributed by atoms with Crippen LogP contribution >= 0.6 is 27.5 Å². The number of hydrogen-bond acceptors (Lipinski definition) is 3. The maximum Gasteiger partial charge on any atom is 0.130 e. The summed E-state index contributed by atoms with van der Waals surface area (Å²) in [5, 5.41) is 3.30. The summed E-state index contributed by atoms with van der Waals surface area (Å²) in [5.41, 5.74) is 7.77. The fourth-order valence-electron chi connectivity index (χ4n) is 1.42. The summed E-state index contributed by atoms with van der Waals surface area (Å²) in [6.45, 7) is 1.88. The van der Waals surface area contributed by atoms with Gasteiger partial charge in [0.15, 0.2) is 0 Å². The minimum atomic E-state index is -0.404. The molecule has 0 aliphatic rings. The number of nitrogen functional groups attached to an aromatic ring is 1. The summed E-state index contributed by atoms with van der Waals surface area (Å²) in [5.74, 6) is 0.190. The van der Waals surface area contributed by atoms with E-state index >= 15 is 0 Å². The van der Waals surface area contributed by atoms with Crippen molar-refractivity contribution < 1.29 is 4.39 Å². The number of pyridine rings is 1. The number of nitrogens with two attached hydrogens (primary N) is 1. The molecule has 0 amide bonds. The molecule has 18 heavy (non-hydrogen) atoms. The minimum Gasteiger partial charge on any atom is -0.397 e. The van der Waals surface area contributed by atoms with Gasteiger partial charge in [-0.05, 0) is 46.6 Å². The van der Waals surface area contributed by atoms with E-state index in [9.17, 15) is 4.39 Å². The number of hydrogen-bond donors (Lipinski definition) is 2. The van der Waals surface area contributed by atoms with Crippen LogP contribution in [0, 0.1) is 12.7 Å². The van der Waals surface area contributed by atoms with Crippen LogP contribution < -0.4 is 11.1 Å². The van der Waals surface area contributed by atoms with Crippen molar-refractivity contribution in [2.24, 2.45) is 0 Å². The van der Waals surface area contributed by atoms with Gasteiger partial charge in [-0.1, -0.05) is 11.6 Å². The Bertz CT molecular complexity index is 581. The van der Waals surface area contributed by atoms with Gasteiger partial charge in [-0.3, -0.25) is 0 Å². The predicted octanol–water partition coefficient (Wildman–Crippen LogP) is 4.27. The normalized spacial score (nSPS) is 10.4. The third kappa shape index (κ3) is 2.73. The molecule has 0 aliphatic carbocycles. The maximum atomic E-state index is 13.1. The van der Waals surface area contributed by atoms with E-state index in [-0.39, 0.29) is 5.02 Å². The molecule has 0 spiro atoms. The largest absolute Gasteiger partial charge is 0.397 e. The fourth-order valence-corrected chi connectivity index (χ4v) is 2.32. The second-order valence-corrected chi connectivity index (χ2v) is 5.06. The lowest BCUT2D eigenvalue weighted by Gasteiger charge is -2.11. The Morgan fingerprint density at radius 3 is 2.72 bits per heavy atom. The van der Waals surface area contributed by atoms with Crippen LogP contribution in [0.3, 0.4) is 0 Å². The van der Waals surface area contributed by atoms with Crippen LogP contribution in [-0.4, -0.2) is 4.98 Å². The number of rotatable bonds is 2. The Morgan fingerprint density at radius 2 is 2.11 bits per heavy atom. The van der Waals surface area contributed by atoms with Crippen molar-refractivity contribution in [3.8, 4) is 0 Å². The van der Waals surface area contributed by atoms with Gasteiger partial charge in [-0.2, -0.15) is 0 Å². The van der Waals surface area contributed by atoms with Crippen LogP contribution in [0.25, 0.3) is 0 Å².